The molecule has 14 heavy (non-hydrogen) atoms. The van der Waals surface area contributed by atoms with Gasteiger partial charge in [-0.15, -0.1) is 0 Å². The minimum absolute atomic E-state index is 0.171. The highest BCUT2D eigenvalue weighted by Gasteiger charge is 2.34. The average Bonchev–Trinajstić information content (AvgIpc) is 2.42. The molecule has 0 aromatic heterocycles. The zero-order chi connectivity index (χ0) is 10.6. The fourth-order valence-corrected chi connectivity index (χ4v) is 2.24. The predicted molar refractivity (Wildman–Crippen MR) is 59.4 cm³/mol. The predicted octanol–water partition coefficient (Wildman–Crippen LogP) is 1.22. The van der Waals surface area contributed by atoms with Crippen LogP contribution in [0.5, 0.6) is 0 Å². The SMILES string of the molecule is CC(C)N(C)C1(CN)CCCOCC1. The van der Waals surface area contributed by atoms with E-state index in [0.717, 1.165) is 39.0 Å². The van der Waals surface area contributed by atoms with Crippen LogP contribution in [0.4, 0.5) is 0 Å². The van der Waals surface area contributed by atoms with E-state index in [0.29, 0.717) is 6.04 Å². The van der Waals surface area contributed by atoms with Crippen LogP contribution >= 0.6 is 0 Å². The minimum atomic E-state index is 0.171. The van der Waals surface area contributed by atoms with E-state index in [9.17, 15) is 0 Å². The van der Waals surface area contributed by atoms with Gasteiger partial charge in [-0.2, -0.15) is 0 Å². The summed E-state index contributed by atoms with van der Waals surface area (Å²) < 4.78 is 5.50. The molecule has 1 atom stereocenters. The summed E-state index contributed by atoms with van der Waals surface area (Å²) in [6.45, 7) is 6.94. The Kier molecular flexibility index (Phi) is 4.35. The number of likely N-dealkylation sites (N-methyl/N-ethyl adjacent to an activating group) is 1. The lowest BCUT2D eigenvalue weighted by Crippen LogP contribution is -2.54. The Hall–Kier alpha value is -0.120. The summed E-state index contributed by atoms with van der Waals surface area (Å²) in [4.78, 5) is 2.42. The van der Waals surface area contributed by atoms with Gasteiger partial charge in [-0.25, -0.2) is 0 Å². The Balaban J connectivity index is 2.71. The molecule has 0 saturated carbocycles. The van der Waals surface area contributed by atoms with Gasteiger partial charge in [0.15, 0.2) is 0 Å². The van der Waals surface area contributed by atoms with Crippen LogP contribution in [0.1, 0.15) is 33.1 Å². The molecular formula is C11H24N2O. The number of rotatable bonds is 3. The number of nitrogens with two attached hydrogens (primary N) is 1. The Morgan fingerprint density at radius 3 is 2.64 bits per heavy atom. The van der Waals surface area contributed by atoms with Crippen molar-refractivity contribution in [2.75, 3.05) is 26.8 Å². The van der Waals surface area contributed by atoms with Crippen molar-refractivity contribution in [2.45, 2.75) is 44.7 Å². The van der Waals surface area contributed by atoms with Crippen LogP contribution in [0.15, 0.2) is 0 Å². The molecule has 1 aliphatic heterocycles. The minimum Gasteiger partial charge on any atom is -0.381 e. The van der Waals surface area contributed by atoms with Crippen molar-refractivity contribution >= 4 is 0 Å². The van der Waals surface area contributed by atoms with Gasteiger partial charge in [0.2, 0.25) is 0 Å². The summed E-state index contributed by atoms with van der Waals surface area (Å²) in [5, 5.41) is 0. The summed E-state index contributed by atoms with van der Waals surface area (Å²) in [6, 6.07) is 0.552. The molecule has 1 heterocycles. The molecule has 1 rings (SSSR count). The van der Waals surface area contributed by atoms with Crippen LogP contribution in [0.25, 0.3) is 0 Å². The van der Waals surface area contributed by atoms with Crippen LogP contribution in [0.2, 0.25) is 0 Å². The Bertz CT molecular complexity index is 163. The third kappa shape index (κ3) is 2.47. The molecule has 0 bridgehead atoms. The fourth-order valence-electron chi connectivity index (χ4n) is 2.24. The van der Waals surface area contributed by atoms with Gasteiger partial charge in [0.25, 0.3) is 0 Å². The molecule has 3 nitrogen and oxygen atoms in total. The van der Waals surface area contributed by atoms with Crippen LogP contribution in [0, 0.1) is 0 Å². The maximum absolute atomic E-state index is 5.95. The smallest absolute Gasteiger partial charge is 0.0484 e. The van der Waals surface area contributed by atoms with Crippen molar-refractivity contribution in [2.24, 2.45) is 5.73 Å². The van der Waals surface area contributed by atoms with E-state index >= 15 is 0 Å². The first-order chi connectivity index (χ1) is 6.62. The summed E-state index contributed by atoms with van der Waals surface area (Å²) in [5.74, 6) is 0. The van der Waals surface area contributed by atoms with Gasteiger partial charge in [-0.1, -0.05) is 0 Å². The lowest BCUT2D eigenvalue weighted by Gasteiger charge is -2.43. The van der Waals surface area contributed by atoms with E-state index in [1.807, 2.05) is 0 Å². The van der Waals surface area contributed by atoms with Crippen molar-refractivity contribution < 1.29 is 4.74 Å². The highest BCUT2D eigenvalue weighted by atomic mass is 16.5. The van der Waals surface area contributed by atoms with Gasteiger partial charge < -0.3 is 10.5 Å². The van der Waals surface area contributed by atoms with E-state index < -0.39 is 0 Å². The molecule has 0 aromatic rings. The molecule has 0 spiro atoms. The molecule has 0 aromatic carbocycles. The summed E-state index contributed by atoms with van der Waals surface area (Å²) >= 11 is 0. The molecule has 0 radical (unpaired) electrons. The van der Waals surface area contributed by atoms with Crippen molar-refractivity contribution in [1.82, 2.24) is 4.90 Å². The maximum atomic E-state index is 5.95. The monoisotopic (exact) mass is 200 g/mol. The molecule has 1 unspecified atom stereocenters. The summed E-state index contributed by atoms with van der Waals surface area (Å²) in [6.07, 6.45) is 3.37. The van der Waals surface area contributed by atoms with Gasteiger partial charge >= 0.3 is 0 Å². The van der Waals surface area contributed by atoms with Crippen molar-refractivity contribution in [3.8, 4) is 0 Å². The largest absolute Gasteiger partial charge is 0.381 e. The highest BCUT2D eigenvalue weighted by Crippen LogP contribution is 2.27. The number of ether oxygens (including phenoxy) is 1. The quantitative estimate of drug-likeness (QED) is 0.744. The first-order valence-electron chi connectivity index (χ1n) is 5.63. The van der Waals surface area contributed by atoms with Crippen molar-refractivity contribution in [3.63, 3.8) is 0 Å². The summed E-state index contributed by atoms with van der Waals surface area (Å²) in [7, 11) is 2.18. The second kappa shape index (κ2) is 5.10. The van der Waals surface area contributed by atoms with Gasteiger partial charge in [0, 0.05) is 31.3 Å². The van der Waals surface area contributed by atoms with Crippen LogP contribution in [0.3, 0.4) is 0 Å². The fraction of sp³-hybridized carbons (Fsp3) is 1.00. The van der Waals surface area contributed by atoms with Crippen molar-refractivity contribution in [1.29, 1.82) is 0 Å². The number of hydrogen-bond acceptors (Lipinski definition) is 3. The molecule has 0 aliphatic carbocycles. The highest BCUT2D eigenvalue weighted by molar-refractivity contribution is 4.92. The Labute approximate surface area is 87.6 Å². The normalized spacial score (nSPS) is 29.6. The number of hydrogen-bond donors (Lipinski definition) is 1. The summed E-state index contributed by atoms with van der Waals surface area (Å²) in [5.41, 5.74) is 6.12. The second-order valence-electron chi connectivity index (χ2n) is 4.60. The van der Waals surface area contributed by atoms with Crippen LogP contribution in [-0.4, -0.2) is 43.3 Å². The maximum Gasteiger partial charge on any atom is 0.0484 e. The topological polar surface area (TPSA) is 38.5 Å². The second-order valence-corrected chi connectivity index (χ2v) is 4.60. The lowest BCUT2D eigenvalue weighted by molar-refractivity contribution is 0.0659. The van der Waals surface area contributed by atoms with E-state index in [4.69, 9.17) is 10.5 Å². The van der Waals surface area contributed by atoms with Gasteiger partial charge in [-0.3, -0.25) is 4.90 Å². The van der Waals surface area contributed by atoms with Gasteiger partial charge in [-0.05, 0) is 40.2 Å². The van der Waals surface area contributed by atoms with Crippen molar-refractivity contribution in [3.05, 3.63) is 0 Å². The molecule has 1 saturated heterocycles. The van der Waals surface area contributed by atoms with E-state index in [2.05, 4.69) is 25.8 Å². The average molecular weight is 200 g/mol. The third-order valence-corrected chi connectivity index (χ3v) is 3.55. The van der Waals surface area contributed by atoms with Crippen LogP contribution in [-0.2, 0) is 4.74 Å². The van der Waals surface area contributed by atoms with Gasteiger partial charge in [0.1, 0.15) is 0 Å². The van der Waals surface area contributed by atoms with E-state index in [-0.39, 0.29) is 5.54 Å². The zero-order valence-electron chi connectivity index (χ0n) is 9.75. The third-order valence-electron chi connectivity index (χ3n) is 3.55. The Morgan fingerprint density at radius 2 is 2.07 bits per heavy atom. The molecular weight excluding hydrogens is 176 g/mol. The standard InChI is InChI=1S/C11H24N2O/c1-10(2)13(3)11(9-12)5-4-7-14-8-6-11/h10H,4-9,12H2,1-3H3. The first-order valence-corrected chi connectivity index (χ1v) is 5.63. The van der Waals surface area contributed by atoms with Crippen LogP contribution < -0.4 is 5.73 Å². The first kappa shape index (κ1) is 12.0. The molecule has 2 N–H and O–H groups in total. The zero-order valence-corrected chi connectivity index (χ0v) is 9.75. The van der Waals surface area contributed by atoms with Gasteiger partial charge in [0.05, 0.1) is 0 Å². The Morgan fingerprint density at radius 1 is 1.36 bits per heavy atom. The number of nitrogens with zero attached hydrogens (tertiary/aromatic N) is 1. The molecule has 1 aliphatic rings. The molecule has 3 heteroatoms. The molecule has 84 valence electrons. The lowest BCUT2D eigenvalue weighted by atomic mass is 9.88. The molecule has 0 amide bonds. The molecule has 1 fully saturated rings. The van der Waals surface area contributed by atoms with E-state index in [1.54, 1.807) is 0 Å². The van der Waals surface area contributed by atoms with E-state index in [1.165, 1.54) is 0 Å².